The number of benzene rings is 1. The highest BCUT2D eigenvalue weighted by Crippen LogP contribution is 2.11. The zero-order valence-corrected chi connectivity index (χ0v) is 7.02. The second kappa shape index (κ2) is 4.12. The maximum atomic E-state index is 12.6. The number of ketones is 1. The summed E-state index contributed by atoms with van der Waals surface area (Å²) in [7, 11) is 0. The van der Waals surface area contributed by atoms with Crippen molar-refractivity contribution in [3.63, 3.8) is 0 Å². The second-order valence-electron chi connectivity index (χ2n) is 2.66. The molecule has 0 saturated carbocycles. The highest BCUT2D eigenvalue weighted by molar-refractivity contribution is 5.96. The molecule has 0 amide bonds. The van der Waals surface area contributed by atoms with Gasteiger partial charge >= 0.3 is 0 Å². The average molecular weight is 183 g/mol. The summed E-state index contributed by atoms with van der Waals surface area (Å²) in [6, 6.07) is 3.13. The minimum Gasteiger partial charge on any atom is -0.294 e. The molecule has 0 N–H and O–H groups in total. The third-order valence-corrected chi connectivity index (χ3v) is 1.65. The van der Waals surface area contributed by atoms with Gasteiger partial charge in [-0.25, -0.2) is 8.78 Å². The van der Waals surface area contributed by atoms with E-state index in [4.69, 9.17) is 0 Å². The Morgan fingerprint density at radius 3 is 2.54 bits per heavy atom. The number of carbonyl (C=O) groups is 1. The Kier molecular flexibility index (Phi) is 3.12. The van der Waals surface area contributed by atoms with Crippen molar-refractivity contribution in [2.75, 3.05) is 0 Å². The molecule has 1 aromatic rings. The van der Waals surface area contributed by atoms with E-state index < -0.39 is 11.6 Å². The van der Waals surface area contributed by atoms with E-state index >= 15 is 0 Å². The number of hydrogen-bond donors (Lipinski definition) is 0. The average Bonchev–Trinajstić information content (AvgIpc) is 2.10. The Morgan fingerprint density at radius 1 is 1.31 bits per heavy atom. The molecular formula is C10H9F2O. The molecule has 13 heavy (non-hydrogen) atoms. The van der Waals surface area contributed by atoms with Gasteiger partial charge in [-0.15, -0.1) is 0 Å². The van der Waals surface area contributed by atoms with Crippen LogP contribution in [0.3, 0.4) is 0 Å². The van der Waals surface area contributed by atoms with E-state index in [-0.39, 0.29) is 17.8 Å². The number of hydrogen-bond acceptors (Lipinski definition) is 1. The molecule has 0 bridgehead atoms. The quantitative estimate of drug-likeness (QED) is 0.658. The molecular weight excluding hydrogens is 174 g/mol. The number of Topliss-reactive ketones (excluding diaryl/α,β-unsaturated/α-hetero) is 1. The SMILES string of the molecule is [CH2]CCC(=O)c1ccc(F)c(F)c1. The van der Waals surface area contributed by atoms with Crippen LogP contribution in [0.4, 0.5) is 8.78 Å². The molecule has 0 saturated heterocycles. The predicted octanol–water partition coefficient (Wildman–Crippen LogP) is 2.76. The van der Waals surface area contributed by atoms with Crippen LogP contribution in [0.15, 0.2) is 18.2 Å². The molecule has 0 aliphatic carbocycles. The molecule has 0 atom stereocenters. The highest BCUT2D eigenvalue weighted by atomic mass is 19.2. The first-order chi connectivity index (χ1) is 6.15. The minimum absolute atomic E-state index is 0.197. The molecule has 1 aromatic carbocycles. The fourth-order valence-electron chi connectivity index (χ4n) is 0.974. The van der Waals surface area contributed by atoms with Crippen LogP contribution in [-0.4, -0.2) is 5.78 Å². The van der Waals surface area contributed by atoms with Crippen LogP contribution >= 0.6 is 0 Å². The first-order valence-electron chi connectivity index (χ1n) is 3.92. The molecule has 69 valence electrons. The van der Waals surface area contributed by atoms with E-state index in [1.54, 1.807) is 0 Å². The maximum absolute atomic E-state index is 12.6. The van der Waals surface area contributed by atoms with Crippen LogP contribution in [0.2, 0.25) is 0 Å². The Hall–Kier alpha value is -1.25. The monoisotopic (exact) mass is 183 g/mol. The van der Waals surface area contributed by atoms with E-state index in [1.165, 1.54) is 6.07 Å². The van der Waals surface area contributed by atoms with Crippen molar-refractivity contribution in [2.24, 2.45) is 0 Å². The molecule has 1 radical (unpaired) electrons. The van der Waals surface area contributed by atoms with Gasteiger partial charge in [0.05, 0.1) is 0 Å². The molecule has 0 spiro atoms. The molecule has 0 heterocycles. The Morgan fingerprint density at radius 2 is 2.00 bits per heavy atom. The van der Waals surface area contributed by atoms with Crippen LogP contribution in [0.25, 0.3) is 0 Å². The summed E-state index contributed by atoms with van der Waals surface area (Å²) in [4.78, 5) is 11.2. The van der Waals surface area contributed by atoms with Crippen LogP contribution in [0.1, 0.15) is 23.2 Å². The molecule has 1 rings (SSSR count). The lowest BCUT2D eigenvalue weighted by Crippen LogP contribution is -1.99. The zero-order valence-electron chi connectivity index (χ0n) is 7.02. The summed E-state index contributed by atoms with van der Waals surface area (Å²) in [6.45, 7) is 3.50. The normalized spacial score (nSPS) is 10.1. The molecule has 0 aliphatic heterocycles. The van der Waals surface area contributed by atoms with Gasteiger partial charge in [0, 0.05) is 12.0 Å². The number of halogens is 2. The first kappa shape index (κ1) is 9.84. The smallest absolute Gasteiger partial charge is 0.162 e. The van der Waals surface area contributed by atoms with Crippen molar-refractivity contribution >= 4 is 5.78 Å². The van der Waals surface area contributed by atoms with Gasteiger partial charge in [0.2, 0.25) is 0 Å². The second-order valence-corrected chi connectivity index (χ2v) is 2.66. The minimum atomic E-state index is -0.991. The fourth-order valence-corrected chi connectivity index (χ4v) is 0.974. The Bertz CT molecular complexity index is 321. The number of rotatable bonds is 3. The van der Waals surface area contributed by atoms with Gasteiger partial charge in [-0.1, -0.05) is 6.92 Å². The lowest BCUT2D eigenvalue weighted by molar-refractivity contribution is 0.0983. The van der Waals surface area contributed by atoms with Crippen LogP contribution in [0, 0.1) is 18.6 Å². The Balaban J connectivity index is 2.90. The van der Waals surface area contributed by atoms with Crippen LogP contribution in [-0.2, 0) is 0 Å². The lowest BCUT2D eigenvalue weighted by atomic mass is 10.1. The topological polar surface area (TPSA) is 17.1 Å². The molecule has 0 aromatic heterocycles. The van der Waals surface area contributed by atoms with Crippen molar-refractivity contribution < 1.29 is 13.6 Å². The summed E-state index contributed by atoms with van der Waals surface area (Å²) >= 11 is 0. The third-order valence-electron chi connectivity index (χ3n) is 1.65. The Labute approximate surface area is 75.4 Å². The summed E-state index contributed by atoms with van der Waals surface area (Å²) in [5.74, 6) is -2.14. The van der Waals surface area contributed by atoms with Gasteiger partial charge in [0.25, 0.3) is 0 Å². The summed E-state index contributed by atoms with van der Waals surface area (Å²) < 4.78 is 25.1. The lowest BCUT2D eigenvalue weighted by Gasteiger charge is -1.99. The van der Waals surface area contributed by atoms with Crippen LogP contribution in [0.5, 0.6) is 0 Å². The standard InChI is InChI=1S/C10H9F2O/c1-2-3-10(13)7-4-5-8(11)9(12)6-7/h4-6H,1-3H2. The van der Waals surface area contributed by atoms with Gasteiger partial charge < -0.3 is 0 Å². The van der Waals surface area contributed by atoms with Crippen molar-refractivity contribution in [3.05, 3.63) is 42.3 Å². The van der Waals surface area contributed by atoms with Crippen molar-refractivity contribution in [3.8, 4) is 0 Å². The van der Waals surface area contributed by atoms with Crippen molar-refractivity contribution in [1.29, 1.82) is 0 Å². The number of carbonyl (C=O) groups excluding carboxylic acids is 1. The van der Waals surface area contributed by atoms with Gasteiger partial charge in [-0.2, -0.15) is 0 Å². The maximum Gasteiger partial charge on any atom is 0.162 e. The molecule has 0 aliphatic rings. The zero-order chi connectivity index (χ0) is 9.84. The first-order valence-corrected chi connectivity index (χ1v) is 3.92. The van der Waals surface area contributed by atoms with E-state index in [9.17, 15) is 13.6 Å². The van der Waals surface area contributed by atoms with Crippen molar-refractivity contribution in [1.82, 2.24) is 0 Å². The van der Waals surface area contributed by atoms with E-state index in [0.29, 0.717) is 6.42 Å². The van der Waals surface area contributed by atoms with Gasteiger partial charge in [0.1, 0.15) is 0 Å². The summed E-state index contributed by atoms with van der Waals surface area (Å²) in [6.07, 6.45) is 0.711. The summed E-state index contributed by atoms with van der Waals surface area (Å²) in [5.41, 5.74) is 0.197. The van der Waals surface area contributed by atoms with E-state index in [0.717, 1.165) is 12.1 Å². The molecule has 1 nitrogen and oxygen atoms in total. The molecule has 0 fully saturated rings. The van der Waals surface area contributed by atoms with E-state index in [1.807, 2.05) is 0 Å². The van der Waals surface area contributed by atoms with Crippen molar-refractivity contribution in [2.45, 2.75) is 12.8 Å². The van der Waals surface area contributed by atoms with Gasteiger partial charge in [-0.05, 0) is 24.6 Å². The third kappa shape index (κ3) is 2.34. The van der Waals surface area contributed by atoms with Gasteiger partial charge in [-0.3, -0.25) is 4.79 Å². The highest BCUT2D eigenvalue weighted by Gasteiger charge is 2.08. The van der Waals surface area contributed by atoms with Crippen LogP contribution < -0.4 is 0 Å². The predicted molar refractivity (Wildman–Crippen MR) is 45.3 cm³/mol. The van der Waals surface area contributed by atoms with Gasteiger partial charge in [0.15, 0.2) is 17.4 Å². The molecule has 0 unspecified atom stereocenters. The largest absolute Gasteiger partial charge is 0.294 e. The summed E-state index contributed by atoms with van der Waals surface area (Å²) in [5, 5.41) is 0. The molecule has 3 heteroatoms. The fraction of sp³-hybridized carbons (Fsp3) is 0.200. The van der Waals surface area contributed by atoms with E-state index in [2.05, 4.69) is 6.92 Å².